The van der Waals surface area contributed by atoms with Crippen molar-refractivity contribution in [2.75, 3.05) is 13.2 Å². The van der Waals surface area contributed by atoms with Gasteiger partial charge in [-0.1, -0.05) is 42.0 Å². The van der Waals surface area contributed by atoms with Gasteiger partial charge >= 0.3 is 0 Å². The summed E-state index contributed by atoms with van der Waals surface area (Å²) in [4.78, 5) is 26.2. The Hall–Kier alpha value is -3.85. The first-order valence-electron chi connectivity index (χ1n) is 10.9. The van der Waals surface area contributed by atoms with Crippen molar-refractivity contribution in [3.63, 3.8) is 0 Å². The topological polar surface area (TPSA) is 94.5 Å². The fraction of sp³-hybridized carbons (Fsp3) is 0.240. The van der Waals surface area contributed by atoms with Gasteiger partial charge in [-0.2, -0.15) is 5.10 Å². The van der Waals surface area contributed by atoms with Gasteiger partial charge in [0, 0.05) is 5.39 Å². The van der Waals surface area contributed by atoms with Crippen LogP contribution in [-0.4, -0.2) is 34.8 Å². The van der Waals surface area contributed by atoms with E-state index in [1.165, 1.54) is 16.9 Å². The molecule has 2 aromatic heterocycles. The van der Waals surface area contributed by atoms with Crippen molar-refractivity contribution in [3.05, 3.63) is 76.3 Å². The van der Waals surface area contributed by atoms with Crippen LogP contribution in [0.3, 0.4) is 0 Å². The number of hydrazine groups is 1. The van der Waals surface area contributed by atoms with Crippen molar-refractivity contribution in [2.24, 2.45) is 0 Å². The molecule has 0 saturated heterocycles. The van der Waals surface area contributed by atoms with Gasteiger partial charge in [-0.15, -0.1) is 11.3 Å². The van der Waals surface area contributed by atoms with Crippen LogP contribution in [0.2, 0.25) is 0 Å². The number of hydrogen-bond acceptors (Lipinski definition) is 6. The minimum atomic E-state index is -0.484. The molecule has 34 heavy (non-hydrogen) atoms. The summed E-state index contributed by atoms with van der Waals surface area (Å²) in [6, 6.07) is 17.2. The normalized spacial score (nSPS) is 10.8. The van der Waals surface area contributed by atoms with Crippen molar-refractivity contribution >= 4 is 33.4 Å². The van der Waals surface area contributed by atoms with Crippen molar-refractivity contribution in [3.8, 4) is 11.5 Å². The summed E-state index contributed by atoms with van der Waals surface area (Å²) >= 11 is 1.33. The molecule has 0 fully saturated rings. The van der Waals surface area contributed by atoms with E-state index < -0.39 is 11.8 Å². The molecular formula is C25H26N4O4S. The second kappa shape index (κ2) is 10.4. The standard InChI is InChI=1S/C25H26N4O4S/c1-4-32-20-7-5-6-8-21(20)33-15-23(30)26-27-24(31)22-13-19-17(3)28-29(25(19)34-22)14-18-11-9-16(2)10-12-18/h5-13H,4,14-15H2,1-3H3,(H,26,30)(H,27,31). The minimum Gasteiger partial charge on any atom is -0.490 e. The maximum Gasteiger partial charge on any atom is 0.279 e. The molecule has 2 N–H and O–H groups in total. The van der Waals surface area contributed by atoms with Gasteiger partial charge in [-0.3, -0.25) is 25.1 Å². The first-order valence-corrected chi connectivity index (χ1v) is 11.7. The number of nitrogens with zero attached hydrogens (tertiary/aromatic N) is 2. The number of benzene rings is 2. The second-order valence-electron chi connectivity index (χ2n) is 7.73. The van der Waals surface area contributed by atoms with Gasteiger partial charge < -0.3 is 9.47 Å². The molecule has 2 amide bonds. The van der Waals surface area contributed by atoms with E-state index in [1.807, 2.05) is 24.6 Å². The Morgan fingerprint density at radius 3 is 2.41 bits per heavy atom. The zero-order chi connectivity index (χ0) is 24.1. The number of rotatable bonds is 8. The smallest absolute Gasteiger partial charge is 0.279 e. The number of aryl methyl sites for hydroxylation is 2. The lowest BCUT2D eigenvalue weighted by Crippen LogP contribution is -2.43. The zero-order valence-electron chi connectivity index (χ0n) is 19.3. The molecule has 0 aliphatic carbocycles. The third-order valence-corrected chi connectivity index (χ3v) is 6.25. The summed E-state index contributed by atoms with van der Waals surface area (Å²) in [7, 11) is 0. The summed E-state index contributed by atoms with van der Waals surface area (Å²) in [5, 5.41) is 5.54. The summed E-state index contributed by atoms with van der Waals surface area (Å²) in [5.41, 5.74) is 8.03. The van der Waals surface area contributed by atoms with Crippen molar-refractivity contribution in [2.45, 2.75) is 27.3 Å². The molecule has 2 aromatic carbocycles. The number of ether oxygens (including phenoxy) is 2. The highest BCUT2D eigenvalue weighted by atomic mass is 32.1. The lowest BCUT2D eigenvalue weighted by Gasteiger charge is -2.11. The predicted octanol–water partition coefficient (Wildman–Crippen LogP) is 4.00. The number of fused-ring (bicyclic) bond motifs is 1. The highest BCUT2D eigenvalue weighted by Gasteiger charge is 2.17. The third-order valence-electron chi connectivity index (χ3n) is 5.11. The first kappa shape index (κ1) is 23.3. The van der Waals surface area contributed by atoms with Crippen LogP contribution in [-0.2, 0) is 11.3 Å². The zero-order valence-corrected chi connectivity index (χ0v) is 20.1. The number of thiophene rings is 1. The monoisotopic (exact) mass is 478 g/mol. The Kier molecular flexibility index (Phi) is 7.12. The van der Waals surface area contributed by atoms with Gasteiger partial charge in [-0.05, 0) is 44.5 Å². The molecule has 4 rings (SSSR count). The van der Waals surface area contributed by atoms with Crippen molar-refractivity contribution < 1.29 is 19.1 Å². The maximum atomic E-state index is 12.6. The third kappa shape index (κ3) is 5.37. The van der Waals surface area contributed by atoms with Crippen LogP contribution < -0.4 is 20.3 Å². The quantitative estimate of drug-likeness (QED) is 0.373. The summed E-state index contributed by atoms with van der Waals surface area (Å²) < 4.78 is 12.9. The Labute approximate surface area is 201 Å². The Morgan fingerprint density at radius 2 is 1.71 bits per heavy atom. The number of carbonyl (C=O) groups is 2. The maximum absolute atomic E-state index is 12.6. The van der Waals surface area contributed by atoms with E-state index in [-0.39, 0.29) is 6.61 Å². The number of carbonyl (C=O) groups excluding carboxylic acids is 2. The van der Waals surface area contributed by atoms with Crippen LogP contribution in [0, 0.1) is 13.8 Å². The highest BCUT2D eigenvalue weighted by Crippen LogP contribution is 2.29. The Balaban J connectivity index is 1.36. The second-order valence-corrected chi connectivity index (χ2v) is 8.76. The molecule has 2 heterocycles. The largest absolute Gasteiger partial charge is 0.490 e. The number of amides is 2. The van der Waals surface area contributed by atoms with Gasteiger partial charge in [0.2, 0.25) is 0 Å². The van der Waals surface area contributed by atoms with E-state index in [0.717, 1.165) is 21.5 Å². The molecule has 0 bridgehead atoms. The summed E-state index contributed by atoms with van der Waals surface area (Å²) in [6.07, 6.45) is 0. The van der Waals surface area contributed by atoms with Crippen LogP contribution in [0.25, 0.3) is 10.2 Å². The van der Waals surface area contributed by atoms with E-state index in [9.17, 15) is 9.59 Å². The van der Waals surface area contributed by atoms with Crippen molar-refractivity contribution in [1.82, 2.24) is 20.6 Å². The fourth-order valence-electron chi connectivity index (χ4n) is 3.41. The SMILES string of the molecule is CCOc1ccccc1OCC(=O)NNC(=O)c1cc2c(C)nn(Cc3ccc(C)cc3)c2s1. The lowest BCUT2D eigenvalue weighted by molar-refractivity contribution is -0.123. The molecule has 0 atom stereocenters. The summed E-state index contributed by atoms with van der Waals surface area (Å²) in [6.45, 7) is 6.68. The summed E-state index contributed by atoms with van der Waals surface area (Å²) in [5.74, 6) is 0.138. The van der Waals surface area contributed by atoms with E-state index in [0.29, 0.717) is 29.5 Å². The van der Waals surface area contributed by atoms with Gasteiger partial charge in [0.25, 0.3) is 11.8 Å². The Bertz CT molecular complexity index is 1310. The number of para-hydroxylation sites is 2. The molecule has 8 nitrogen and oxygen atoms in total. The average molecular weight is 479 g/mol. The molecule has 176 valence electrons. The molecule has 0 saturated carbocycles. The van der Waals surface area contributed by atoms with Gasteiger partial charge in [-0.25, -0.2) is 0 Å². The number of aromatic nitrogens is 2. The van der Waals surface area contributed by atoms with E-state index in [1.54, 1.807) is 24.3 Å². The molecular weight excluding hydrogens is 452 g/mol. The minimum absolute atomic E-state index is 0.262. The lowest BCUT2D eigenvalue weighted by atomic mass is 10.1. The molecule has 9 heteroatoms. The molecule has 4 aromatic rings. The van der Waals surface area contributed by atoms with Crippen LogP contribution >= 0.6 is 11.3 Å². The van der Waals surface area contributed by atoms with Gasteiger partial charge in [0.05, 0.1) is 23.7 Å². The van der Waals surface area contributed by atoms with Gasteiger partial charge in [0.1, 0.15) is 4.83 Å². The average Bonchev–Trinajstić information content (AvgIpc) is 3.40. The molecule has 0 radical (unpaired) electrons. The van der Waals surface area contributed by atoms with E-state index >= 15 is 0 Å². The van der Waals surface area contributed by atoms with Crippen LogP contribution in [0.15, 0.2) is 54.6 Å². The van der Waals surface area contributed by atoms with Crippen LogP contribution in [0.1, 0.15) is 33.4 Å². The van der Waals surface area contributed by atoms with E-state index in [2.05, 4.69) is 47.1 Å². The van der Waals surface area contributed by atoms with Crippen LogP contribution in [0.4, 0.5) is 0 Å². The number of hydrogen-bond donors (Lipinski definition) is 2. The molecule has 0 unspecified atom stereocenters. The first-order chi connectivity index (χ1) is 16.4. The fourth-order valence-corrected chi connectivity index (χ4v) is 4.47. The highest BCUT2D eigenvalue weighted by molar-refractivity contribution is 7.20. The van der Waals surface area contributed by atoms with Crippen molar-refractivity contribution in [1.29, 1.82) is 0 Å². The Morgan fingerprint density at radius 1 is 1.00 bits per heavy atom. The van der Waals surface area contributed by atoms with E-state index in [4.69, 9.17) is 9.47 Å². The molecule has 0 aliphatic rings. The predicted molar refractivity (Wildman–Crippen MR) is 131 cm³/mol. The number of nitrogens with one attached hydrogen (secondary N) is 2. The van der Waals surface area contributed by atoms with Crippen LogP contribution in [0.5, 0.6) is 11.5 Å². The van der Waals surface area contributed by atoms with Gasteiger partial charge in [0.15, 0.2) is 18.1 Å². The molecule has 0 aliphatic heterocycles. The molecule has 0 spiro atoms.